The highest BCUT2D eigenvalue weighted by atomic mass is 14.5. The number of rotatable bonds is 8. The SMILES string of the molecule is C=CC(C)C(C)(CC(C)CC(C)C)C1CCC1CC. The molecule has 0 radical (unpaired) electrons. The lowest BCUT2D eigenvalue weighted by Gasteiger charge is -2.52. The second-order valence-corrected chi connectivity index (χ2v) is 7.82. The van der Waals surface area contributed by atoms with Crippen molar-refractivity contribution in [3.63, 3.8) is 0 Å². The Hall–Kier alpha value is -0.260. The molecule has 1 rings (SSSR count). The van der Waals surface area contributed by atoms with Crippen molar-refractivity contribution >= 4 is 0 Å². The molecule has 1 saturated carbocycles. The van der Waals surface area contributed by atoms with Crippen LogP contribution in [0.25, 0.3) is 0 Å². The Morgan fingerprint density at radius 3 is 2.21 bits per heavy atom. The van der Waals surface area contributed by atoms with Crippen LogP contribution < -0.4 is 0 Å². The number of allylic oxidation sites excluding steroid dienone is 1. The highest BCUT2D eigenvalue weighted by Crippen LogP contribution is 2.54. The van der Waals surface area contributed by atoms with Crippen molar-refractivity contribution in [1.82, 2.24) is 0 Å². The summed E-state index contributed by atoms with van der Waals surface area (Å²) in [5, 5.41) is 0. The summed E-state index contributed by atoms with van der Waals surface area (Å²) in [7, 11) is 0. The number of hydrogen-bond acceptors (Lipinski definition) is 0. The van der Waals surface area contributed by atoms with Gasteiger partial charge in [0.1, 0.15) is 0 Å². The highest BCUT2D eigenvalue weighted by Gasteiger charge is 2.46. The lowest BCUT2D eigenvalue weighted by molar-refractivity contribution is -0.0174. The molecule has 0 aromatic heterocycles. The van der Waals surface area contributed by atoms with Crippen molar-refractivity contribution in [3.8, 4) is 0 Å². The Morgan fingerprint density at radius 2 is 1.84 bits per heavy atom. The minimum Gasteiger partial charge on any atom is -0.103 e. The maximum atomic E-state index is 4.09. The summed E-state index contributed by atoms with van der Waals surface area (Å²) in [6, 6.07) is 0. The minimum absolute atomic E-state index is 0.467. The van der Waals surface area contributed by atoms with E-state index in [2.05, 4.69) is 54.2 Å². The summed E-state index contributed by atoms with van der Waals surface area (Å²) in [6.45, 7) is 18.5. The summed E-state index contributed by atoms with van der Waals surface area (Å²) < 4.78 is 0. The van der Waals surface area contributed by atoms with Crippen molar-refractivity contribution < 1.29 is 0 Å². The van der Waals surface area contributed by atoms with Crippen LogP contribution in [0, 0.1) is 35.0 Å². The minimum atomic E-state index is 0.467. The Balaban J connectivity index is 2.78. The summed E-state index contributed by atoms with van der Waals surface area (Å²) >= 11 is 0. The highest BCUT2D eigenvalue weighted by molar-refractivity contribution is 5.00. The van der Waals surface area contributed by atoms with E-state index in [1.165, 1.54) is 32.1 Å². The Morgan fingerprint density at radius 1 is 1.21 bits per heavy atom. The molecule has 5 atom stereocenters. The predicted octanol–water partition coefficient (Wildman–Crippen LogP) is 6.32. The van der Waals surface area contributed by atoms with Crippen LogP contribution in [0.15, 0.2) is 12.7 Å². The Bertz CT molecular complexity index is 276. The van der Waals surface area contributed by atoms with Gasteiger partial charge in [0.25, 0.3) is 0 Å². The smallest absolute Gasteiger partial charge is 0.0208 e. The molecular formula is C19H36. The molecule has 0 heteroatoms. The lowest BCUT2D eigenvalue weighted by Crippen LogP contribution is -2.44. The Labute approximate surface area is 122 Å². The van der Waals surface area contributed by atoms with Crippen LogP contribution in [0.3, 0.4) is 0 Å². The molecule has 1 aliphatic carbocycles. The van der Waals surface area contributed by atoms with Crippen LogP contribution in [-0.2, 0) is 0 Å². The molecule has 0 aromatic rings. The molecule has 0 bridgehead atoms. The quantitative estimate of drug-likeness (QED) is 0.450. The second-order valence-electron chi connectivity index (χ2n) is 7.82. The van der Waals surface area contributed by atoms with E-state index in [9.17, 15) is 0 Å². The fourth-order valence-electron chi connectivity index (χ4n) is 4.51. The van der Waals surface area contributed by atoms with E-state index in [-0.39, 0.29) is 0 Å². The first-order chi connectivity index (χ1) is 8.85. The summed E-state index contributed by atoms with van der Waals surface area (Å²) in [5.41, 5.74) is 0.467. The normalized spacial score (nSPS) is 29.4. The zero-order chi connectivity index (χ0) is 14.6. The van der Waals surface area contributed by atoms with Gasteiger partial charge in [-0.25, -0.2) is 0 Å². The van der Waals surface area contributed by atoms with Crippen LogP contribution in [0.4, 0.5) is 0 Å². The van der Waals surface area contributed by atoms with E-state index in [0.29, 0.717) is 11.3 Å². The first kappa shape index (κ1) is 16.8. The fourth-order valence-corrected chi connectivity index (χ4v) is 4.51. The van der Waals surface area contributed by atoms with E-state index >= 15 is 0 Å². The fraction of sp³-hybridized carbons (Fsp3) is 0.895. The van der Waals surface area contributed by atoms with Gasteiger partial charge in [0.15, 0.2) is 0 Å². The van der Waals surface area contributed by atoms with Gasteiger partial charge in [-0.05, 0) is 60.7 Å². The van der Waals surface area contributed by atoms with Crippen molar-refractivity contribution in [3.05, 3.63) is 12.7 Å². The molecule has 19 heavy (non-hydrogen) atoms. The van der Waals surface area contributed by atoms with Crippen LogP contribution in [-0.4, -0.2) is 0 Å². The molecule has 112 valence electrons. The van der Waals surface area contributed by atoms with Crippen molar-refractivity contribution in [2.24, 2.45) is 35.0 Å². The Kier molecular flexibility index (Phi) is 6.15. The maximum absolute atomic E-state index is 4.09. The third kappa shape index (κ3) is 3.86. The van der Waals surface area contributed by atoms with Crippen LogP contribution >= 0.6 is 0 Å². The predicted molar refractivity (Wildman–Crippen MR) is 87.2 cm³/mol. The number of hydrogen-bond donors (Lipinski definition) is 0. The van der Waals surface area contributed by atoms with Crippen molar-refractivity contribution in [2.75, 3.05) is 0 Å². The van der Waals surface area contributed by atoms with Gasteiger partial charge in [0.05, 0.1) is 0 Å². The van der Waals surface area contributed by atoms with E-state index in [1.54, 1.807) is 0 Å². The molecular weight excluding hydrogens is 228 g/mol. The zero-order valence-corrected chi connectivity index (χ0v) is 14.2. The average Bonchev–Trinajstić information content (AvgIpc) is 2.25. The summed E-state index contributed by atoms with van der Waals surface area (Å²) in [4.78, 5) is 0. The van der Waals surface area contributed by atoms with Crippen LogP contribution in [0.2, 0.25) is 0 Å². The standard InChI is InChI=1S/C19H36/c1-8-16(6)19(7,13-15(5)12-14(3)4)18-11-10-17(18)9-2/h8,14-18H,1,9-13H2,2-7H3. The first-order valence-electron chi connectivity index (χ1n) is 8.47. The van der Waals surface area contributed by atoms with Crippen molar-refractivity contribution in [2.45, 2.75) is 73.6 Å². The zero-order valence-electron chi connectivity index (χ0n) is 14.2. The molecule has 1 aliphatic rings. The second kappa shape index (κ2) is 6.95. The van der Waals surface area contributed by atoms with Crippen molar-refractivity contribution in [1.29, 1.82) is 0 Å². The van der Waals surface area contributed by atoms with Gasteiger partial charge < -0.3 is 0 Å². The molecule has 0 N–H and O–H groups in total. The lowest BCUT2D eigenvalue weighted by atomic mass is 9.53. The van der Waals surface area contributed by atoms with Crippen LogP contribution in [0.1, 0.15) is 73.6 Å². The summed E-state index contributed by atoms with van der Waals surface area (Å²) in [6.07, 6.45) is 9.21. The van der Waals surface area contributed by atoms with Gasteiger partial charge in [-0.15, -0.1) is 6.58 Å². The molecule has 0 saturated heterocycles. The molecule has 1 fully saturated rings. The molecule has 0 aromatic carbocycles. The average molecular weight is 264 g/mol. The van der Waals surface area contributed by atoms with Gasteiger partial charge >= 0.3 is 0 Å². The topological polar surface area (TPSA) is 0 Å². The van der Waals surface area contributed by atoms with Crippen LogP contribution in [0.5, 0.6) is 0 Å². The summed E-state index contributed by atoms with van der Waals surface area (Å²) in [5.74, 6) is 4.20. The first-order valence-corrected chi connectivity index (χ1v) is 8.47. The van der Waals surface area contributed by atoms with E-state index in [4.69, 9.17) is 0 Å². The third-order valence-electron chi connectivity index (χ3n) is 5.84. The van der Waals surface area contributed by atoms with E-state index < -0.39 is 0 Å². The maximum Gasteiger partial charge on any atom is -0.0208 e. The van der Waals surface area contributed by atoms with Gasteiger partial charge in [-0.2, -0.15) is 0 Å². The molecule has 5 unspecified atom stereocenters. The molecule has 0 heterocycles. The van der Waals surface area contributed by atoms with Gasteiger partial charge in [0.2, 0.25) is 0 Å². The molecule has 0 spiro atoms. The van der Waals surface area contributed by atoms with Gasteiger partial charge in [-0.1, -0.05) is 54.0 Å². The van der Waals surface area contributed by atoms with Gasteiger partial charge in [-0.3, -0.25) is 0 Å². The van der Waals surface area contributed by atoms with E-state index in [0.717, 1.165) is 23.7 Å². The third-order valence-corrected chi connectivity index (χ3v) is 5.84. The van der Waals surface area contributed by atoms with E-state index in [1.807, 2.05) is 0 Å². The largest absolute Gasteiger partial charge is 0.103 e. The van der Waals surface area contributed by atoms with Gasteiger partial charge in [0, 0.05) is 0 Å². The monoisotopic (exact) mass is 264 g/mol. The molecule has 0 aliphatic heterocycles. The molecule has 0 nitrogen and oxygen atoms in total. The molecule has 0 amide bonds.